The molecule has 41 heavy (non-hydrogen) atoms. The third-order valence-corrected chi connectivity index (χ3v) is 7.27. The van der Waals surface area contributed by atoms with Crippen LogP contribution >= 0.6 is 0 Å². The summed E-state index contributed by atoms with van der Waals surface area (Å²) in [5.41, 5.74) is 4.41. The molecule has 1 aliphatic heterocycles. The van der Waals surface area contributed by atoms with Crippen LogP contribution in [0.25, 0.3) is 22.3 Å². The Bertz CT molecular complexity index is 1530. The van der Waals surface area contributed by atoms with Crippen LogP contribution in [0.15, 0.2) is 48.9 Å². The number of rotatable bonds is 9. The number of amides is 1. The maximum Gasteiger partial charge on any atom is 0.397 e. The zero-order chi connectivity index (χ0) is 28.4. The van der Waals surface area contributed by atoms with E-state index in [4.69, 9.17) is 0 Å². The van der Waals surface area contributed by atoms with E-state index < -0.39 is 18.5 Å². The summed E-state index contributed by atoms with van der Waals surface area (Å²) in [5, 5.41) is 6.61. The number of benzene rings is 1. The third kappa shape index (κ3) is 7.09. The van der Waals surface area contributed by atoms with Crippen molar-refractivity contribution in [1.82, 2.24) is 34.7 Å². The second-order valence-corrected chi connectivity index (χ2v) is 10.6. The summed E-state index contributed by atoms with van der Waals surface area (Å²) in [6, 6.07) is 11.7. The molecule has 1 saturated heterocycles. The Hall–Kier alpha value is -4.26. The number of H-pyrrole nitrogens is 1. The van der Waals surface area contributed by atoms with Gasteiger partial charge >= 0.3 is 6.18 Å². The Kier molecular flexibility index (Phi) is 7.43. The molecule has 214 valence electrons. The van der Waals surface area contributed by atoms with E-state index in [1.807, 2.05) is 36.4 Å². The van der Waals surface area contributed by atoms with E-state index >= 15 is 0 Å². The molecule has 2 aliphatic rings. The van der Waals surface area contributed by atoms with Crippen molar-refractivity contribution >= 4 is 34.5 Å². The number of aromatic amines is 1. The van der Waals surface area contributed by atoms with Crippen LogP contribution in [-0.4, -0.2) is 79.5 Å². The molecule has 3 aromatic heterocycles. The molecule has 3 N–H and O–H groups in total. The van der Waals surface area contributed by atoms with E-state index in [9.17, 15) is 18.0 Å². The van der Waals surface area contributed by atoms with Crippen LogP contribution in [0, 0.1) is 5.92 Å². The highest BCUT2D eigenvalue weighted by Crippen LogP contribution is 2.29. The van der Waals surface area contributed by atoms with Crippen LogP contribution < -0.4 is 10.6 Å². The van der Waals surface area contributed by atoms with Gasteiger partial charge in [0.2, 0.25) is 11.9 Å². The summed E-state index contributed by atoms with van der Waals surface area (Å²) in [5.74, 6) is 1.86. The minimum Gasteiger partial charge on any atom is -0.370 e. The topological polar surface area (TPSA) is 115 Å². The average Bonchev–Trinajstić information content (AvgIpc) is 3.69. The Balaban J connectivity index is 1.07. The van der Waals surface area contributed by atoms with Gasteiger partial charge in [0.25, 0.3) is 0 Å². The van der Waals surface area contributed by atoms with Crippen LogP contribution in [0.3, 0.4) is 0 Å². The van der Waals surface area contributed by atoms with Gasteiger partial charge in [0, 0.05) is 57.1 Å². The van der Waals surface area contributed by atoms with Gasteiger partial charge in [-0.15, -0.1) is 0 Å². The highest BCUT2D eigenvalue weighted by atomic mass is 19.4. The predicted octanol–water partition coefficient (Wildman–Crippen LogP) is 4.58. The smallest absolute Gasteiger partial charge is 0.370 e. The lowest BCUT2D eigenvalue weighted by molar-refractivity contribution is -0.162. The zero-order valence-electron chi connectivity index (χ0n) is 22.3. The summed E-state index contributed by atoms with van der Waals surface area (Å²) < 4.78 is 37.6. The van der Waals surface area contributed by atoms with E-state index in [-0.39, 0.29) is 13.1 Å². The molecule has 10 nitrogen and oxygen atoms in total. The van der Waals surface area contributed by atoms with Gasteiger partial charge in [-0.05, 0) is 48.6 Å². The van der Waals surface area contributed by atoms with E-state index in [1.165, 1.54) is 17.7 Å². The van der Waals surface area contributed by atoms with Crippen molar-refractivity contribution in [1.29, 1.82) is 0 Å². The molecule has 6 rings (SSSR count). The van der Waals surface area contributed by atoms with Gasteiger partial charge in [-0.1, -0.05) is 6.07 Å². The molecule has 0 unspecified atom stereocenters. The largest absolute Gasteiger partial charge is 0.397 e. The van der Waals surface area contributed by atoms with Crippen LogP contribution in [0.1, 0.15) is 24.8 Å². The number of nitrogens with zero attached hydrogens (tertiary/aromatic N) is 6. The molecule has 1 aromatic carbocycles. The predicted molar refractivity (Wildman–Crippen MR) is 148 cm³/mol. The molecular formula is C28H30F3N9O. The number of aromatic nitrogens is 5. The van der Waals surface area contributed by atoms with E-state index in [1.54, 1.807) is 12.5 Å². The van der Waals surface area contributed by atoms with Crippen LogP contribution in [0.2, 0.25) is 0 Å². The number of halogens is 3. The fraction of sp³-hybridized carbons (Fsp3) is 0.393. The number of carbonyl (C=O) groups is 1. The molecule has 4 aromatic rings. The van der Waals surface area contributed by atoms with Gasteiger partial charge in [-0.3, -0.25) is 9.69 Å². The lowest BCUT2D eigenvalue weighted by atomic mass is 10.1. The minimum absolute atomic E-state index is 0.277. The van der Waals surface area contributed by atoms with Gasteiger partial charge < -0.3 is 20.5 Å². The molecule has 1 saturated carbocycles. The molecular weight excluding hydrogens is 535 g/mol. The van der Waals surface area contributed by atoms with Crippen LogP contribution in [-0.2, 0) is 11.3 Å². The number of piperazine rings is 1. The van der Waals surface area contributed by atoms with Gasteiger partial charge in [-0.25, -0.2) is 19.9 Å². The highest BCUT2D eigenvalue weighted by molar-refractivity contribution is 5.83. The second-order valence-electron chi connectivity index (χ2n) is 10.6. The average molecular weight is 566 g/mol. The highest BCUT2D eigenvalue weighted by Gasteiger charge is 2.34. The third-order valence-electron chi connectivity index (χ3n) is 7.27. The standard InChI is InChI=1S/C28H30F3N9O/c29-28(30,31)14-26(41)40-9-7-39(8-10-40)16-19-5-6-32-25(11-19)38-27-36-21-4-3-20(12-23(21)37-27)22-13-24(35-17-34-22)33-15-18-1-2-18/h3-6,11-13,17-18H,1-2,7-10,14-16H2,(H,33,34,35)(H2,32,36,37,38). The molecule has 0 radical (unpaired) electrons. The summed E-state index contributed by atoms with van der Waals surface area (Å²) in [4.78, 5) is 36.4. The number of hydrogen-bond acceptors (Lipinski definition) is 8. The lowest BCUT2D eigenvalue weighted by Gasteiger charge is -2.35. The molecule has 0 atom stereocenters. The SMILES string of the molecule is O=C(CC(F)(F)F)N1CCN(Cc2ccnc(Nc3nc4ccc(-c5cc(NCC6CC6)ncn5)cc4[nH]3)c2)CC1. The van der Waals surface area contributed by atoms with Crippen molar-refractivity contribution in [2.45, 2.75) is 32.0 Å². The first kappa shape index (κ1) is 26.9. The normalized spacial score (nSPS) is 16.2. The number of pyridine rings is 1. The van der Waals surface area contributed by atoms with Crippen molar-refractivity contribution in [3.63, 3.8) is 0 Å². The second kappa shape index (κ2) is 11.3. The quantitative estimate of drug-likeness (QED) is 0.270. The number of carbonyl (C=O) groups excluding carboxylic acids is 1. The Morgan fingerprint density at radius 3 is 2.61 bits per heavy atom. The number of fused-ring (bicyclic) bond motifs is 1. The van der Waals surface area contributed by atoms with Crippen molar-refractivity contribution in [3.05, 3.63) is 54.5 Å². The fourth-order valence-electron chi connectivity index (χ4n) is 4.87. The molecule has 0 bridgehead atoms. The fourth-order valence-corrected chi connectivity index (χ4v) is 4.87. The summed E-state index contributed by atoms with van der Waals surface area (Å²) >= 11 is 0. The number of imidazole rings is 1. The van der Waals surface area contributed by atoms with E-state index in [2.05, 4.69) is 40.5 Å². The molecule has 1 aliphatic carbocycles. The zero-order valence-corrected chi connectivity index (χ0v) is 22.3. The number of hydrogen-bond donors (Lipinski definition) is 3. The number of nitrogens with one attached hydrogen (secondary N) is 3. The van der Waals surface area contributed by atoms with E-state index in [0.29, 0.717) is 31.4 Å². The Labute approximate surface area is 234 Å². The van der Waals surface area contributed by atoms with Crippen molar-refractivity contribution in [2.75, 3.05) is 43.4 Å². The molecule has 0 spiro atoms. The minimum atomic E-state index is -4.48. The maximum atomic E-state index is 12.5. The van der Waals surface area contributed by atoms with Gasteiger partial charge in [0.15, 0.2) is 0 Å². The first-order valence-corrected chi connectivity index (χ1v) is 13.6. The number of anilines is 3. The lowest BCUT2D eigenvalue weighted by Crippen LogP contribution is -2.49. The molecule has 13 heteroatoms. The van der Waals surface area contributed by atoms with Crippen molar-refractivity contribution in [3.8, 4) is 11.3 Å². The number of alkyl halides is 3. The van der Waals surface area contributed by atoms with Gasteiger partial charge in [0.05, 0.1) is 16.7 Å². The first-order valence-electron chi connectivity index (χ1n) is 13.6. The molecule has 2 fully saturated rings. The maximum absolute atomic E-state index is 12.5. The summed E-state index contributed by atoms with van der Waals surface area (Å²) in [6.45, 7) is 3.09. The van der Waals surface area contributed by atoms with Crippen molar-refractivity contribution in [2.24, 2.45) is 5.92 Å². The summed E-state index contributed by atoms with van der Waals surface area (Å²) in [7, 11) is 0. The monoisotopic (exact) mass is 565 g/mol. The van der Waals surface area contributed by atoms with Crippen LogP contribution in [0.4, 0.5) is 30.8 Å². The first-order chi connectivity index (χ1) is 19.8. The van der Waals surface area contributed by atoms with E-state index in [0.717, 1.165) is 46.1 Å². The Morgan fingerprint density at radius 1 is 1.00 bits per heavy atom. The summed E-state index contributed by atoms with van der Waals surface area (Å²) in [6.07, 6.45) is -0.0741. The van der Waals surface area contributed by atoms with Gasteiger partial charge in [-0.2, -0.15) is 13.2 Å². The molecule has 4 heterocycles. The van der Waals surface area contributed by atoms with Crippen LogP contribution in [0.5, 0.6) is 0 Å². The Morgan fingerprint density at radius 2 is 1.83 bits per heavy atom. The molecule has 1 amide bonds. The van der Waals surface area contributed by atoms with Gasteiger partial charge in [0.1, 0.15) is 24.4 Å². The van der Waals surface area contributed by atoms with Crippen molar-refractivity contribution < 1.29 is 18.0 Å².